The average Bonchev–Trinajstić information content (AvgIpc) is 2.76. The van der Waals surface area contributed by atoms with Crippen LogP contribution in [-0.4, -0.2) is 146 Å². The fraction of sp³-hybridized carbons (Fsp3) is 0.941. The predicted octanol–water partition coefficient (Wildman–Crippen LogP) is -6.09. The maximum absolute atomic E-state index is 10.5. The number of hydrogen-bond donors (Lipinski definition) is 9. The van der Waals surface area contributed by atoms with E-state index in [2.05, 4.69) is 0 Å². The summed E-state index contributed by atoms with van der Waals surface area (Å²) in [6.07, 6.45) is -19.1. The van der Waals surface area contributed by atoms with Crippen LogP contribution in [0, 0.1) is 6.61 Å². The Balaban J connectivity index is 1.59. The van der Waals surface area contributed by atoms with E-state index in [-0.39, 0.29) is 6.61 Å². The lowest BCUT2D eigenvalue weighted by atomic mass is 9.98. The molecule has 0 aromatic heterocycles. The molecule has 0 unspecified atom stereocenters. The molecule has 0 aromatic rings. The Labute approximate surface area is 176 Å². The van der Waals surface area contributed by atoms with E-state index in [0.29, 0.717) is 0 Å². The Morgan fingerprint density at radius 3 is 2.13 bits per heavy atom. The van der Waals surface area contributed by atoms with Gasteiger partial charge in [-0.2, -0.15) is 0 Å². The van der Waals surface area contributed by atoms with Gasteiger partial charge in [0.1, 0.15) is 73.8 Å². The molecule has 3 saturated heterocycles. The van der Waals surface area contributed by atoms with E-state index in [1.807, 2.05) is 0 Å². The molecule has 0 aliphatic carbocycles. The van der Waals surface area contributed by atoms with Gasteiger partial charge in [0.2, 0.25) is 0 Å². The van der Waals surface area contributed by atoms with Crippen molar-refractivity contribution < 1.29 is 69.6 Å². The van der Waals surface area contributed by atoms with E-state index in [4.69, 9.17) is 23.7 Å². The Kier molecular flexibility index (Phi) is 8.56. The summed E-state index contributed by atoms with van der Waals surface area (Å²) in [5.74, 6) is 0. The maximum atomic E-state index is 10.5. The minimum absolute atomic E-state index is 0.355. The Hall–Kier alpha value is -0.560. The zero-order valence-corrected chi connectivity index (χ0v) is 16.3. The molecular formula is C17H29O14. The molecule has 3 fully saturated rings. The molecule has 0 bridgehead atoms. The van der Waals surface area contributed by atoms with Gasteiger partial charge >= 0.3 is 0 Å². The van der Waals surface area contributed by atoms with Gasteiger partial charge in [0.25, 0.3) is 0 Å². The van der Waals surface area contributed by atoms with Gasteiger partial charge in [0.15, 0.2) is 12.6 Å². The SMILES string of the molecule is OC[C@H]1O[C@@H](OC[C@H]2O[CH][C@H](O)[C@@H](O)[C@@H]2O)[C@H](O)[C@@H](O)[C@@H]1O[C@@H]1OC[C@@H](O)[C@H](O)[C@H]1O. The molecule has 14 heteroatoms. The average molecular weight is 457 g/mol. The molecule has 3 heterocycles. The van der Waals surface area contributed by atoms with Gasteiger partial charge < -0.3 is 69.6 Å². The summed E-state index contributed by atoms with van der Waals surface area (Å²) in [6, 6.07) is 0. The van der Waals surface area contributed by atoms with Crippen molar-refractivity contribution in [1.29, 1.82) is 0 Å². The largest absolute Gasteiger partial charge is 0.394 e. The minimum Gasteiger partial charge on any atom is -0.394 e. The zero-order valence-electron chi connectivity index (χ0n) is 16.3. The fourth-order valence-electron chi connectivity index (χ4n) is 3.50. The van der Waals surface area contributed by atoms with Gasteiger partial charge in [-0.05, 0) is 0 Å². The molecule has 0 spiro atoms. The molecule has 3 rings (SSSR count). The van der Waals surface area contributed by atoms with Crippen molar-refractivity contribution in [3.05, 3.63) is 6.61 Å². The van der Waals surface area contributed by atoms with Crippen molar-refractivity contribution >= 4 is 0 Å². The Morgan fingerprint density at radius 2 is 1.45 bits per heavy atom. The highest BCUT2D eigenvalue weighted by atomic mass is 16.7. The van der Waals surface area contributed by atoms with Crippen LogP contribution in [0.4, 0.5) is 0 Å². The molecule has 0 saturated carbocycles. The second-order valence-corrected chi connectivity index (χ2v) is 7.67. The van der Waals surface area contributed by atoms with Gasteiger partial charge in [-0.25, -0.2) is 0 Å². The van der Waals surface area contributed by atoms with Crippen molar-refractivity contribution in [2.75, 3.05) is 19.8 Å². The first-order valence-electron chi connectivity index (χ1n) is 9.74. The summed E-state index contributed by atoms with van der Waals surface area (Å²) in [5.41, 5.74) is 0. The smallest absolute Gasteiger partial charge is 0.186 e. The summed E-state index contributed by atoms with van der Waals surface area (Å²) in [4.78, 5) is 0. The lowest BCUT2D eigenvalue weighted by Gasteiger charge is -2.45. The quantitative estimate of drug-likeness (QED) is 0.181. The molecule has 9 N–H and O–H groups in total. The van der Waals surface area contributed by atoms with Crippen LogP contribution in [0.3, 0.4) is 0 Å². The van der Waals surface area contributed by atoms with Crippen molar-refractivity contribution in [3.63, 3.8) is 0 Å². The third-order valence-electron chi connectivity index (χ3n) is 5.46. The highest BCUT2D eigenvalue weighted by Gasteiger charge is 2.49. The highest BCUT2D eigenvalue weighted by Crippen LogP contribution is 2.28. The van der Waals surface area contributed by atoms with Crippen LogP contribution in [0.1, 0.15) is 0 Å². The second-order valence-electron chi connectivity index (χ2n) is 7.67. The van der Waals surface area contributed by atoms with E-state index in [1.54, 1.807) is 0 Å². The first-order valence-corrected chi connectivity index (χ1v) is 9.74. The van der Waals surface area contributed by atoms with Crippen LogP contribution in [-0.2, 0) is 23.7 Å². The molecular weight excluding hydrogens is 428 g/mol. The fourth-order valence-corrected chi connectivity index (χ4v) is 3.50. The molecule has 1 radical (unpaired) electrons. The second kappa shape index (κ2) is 10.6. The number of ether oxygens (including phenoxy) is 5. The first kappa shape index (κ1) is 25.1. The molecule has 181 valence electrons. The van der Waals surface area contributed by atoms with Crippen molar-refractivity contribution in [2.24, 2.45) is 0 Å². The van der Waals surface area contributed by atoms with E-state index < -0.39 is 92.9 Å². The topological polar surface area (TPSA) is 228 Å². The third-order valence-corrected chi connectivity index (χ3v) is 5.46. The number of hydrogen-bond acceptors (Lipinski definition) is 14. The molecule has 0 amide bonds. The molecule has 14 nitrogen and oxygen atoms in total. The summed E-state index contributed by atoms with van der Waals surface area (Å²) in [7, 11) is 0. The molecule has 13 atom stereocenters. The highest BCUT2D eigenvalue weighted by molar-refractivity contribution is 4.94. The molecule has 0 aromatic carbocycles. The summed E-state index contributed by atoms with van der Waals surface area (Å²) >= 11 is 0. The molecule has 31 heavy (non-hydrogen) atoms. The van der Waals surface area contributed by atoms with Crippen LogP contribution >= 0.6 is 0 Å². The van der Waals surface area contributed by atoms with E-state index in [1.165, 1.54) is 0 Å². The van der Waals surface area contributed by atoms with E-state index >= 15 is 0 Å². The van der Waals surface area contributed by atoms with Gasteiger partial charge in [0.05, 0.1) is 19.8 Å². The van der Waals surface area contributed by atoms with E-state index in [0.717, 1.165) is 6.61 Å². The van der Waals surface area contributed by atoms with Crippen LogP contribution in [0.15, 0.2) is 0 Å². The normalized spacial score (nSPS) is 51.6. The van der Waals surface area contributed by atoms with Crippen molar-refractivity contribution in [3.8, 4) is 0 Å². The Bertz CT molecular complexity index is 563. The number of aliphatic hydroxyl groups is 9. The maximum Gasteiger partial charge on any atom is 0.186 e. The molecule has 3 aliphatic rings. The lowest BCUT2D eigenvalue weighted by Crippen LogP contribution is -2.63. The monoisotopic (exact) mass is 457 g/mol. The Morgan fingerprint density at radius 1 is 0.774 bits per heavy atom. The van der Waals surface area contributed by atoms with Crippen LogP contribution in [0.25, 0.3) is 0 Å². The summed E-state index contributed by atoms with van der Waals surface area (Å²) in [6.45, 7) is -0.538. The van der Waals surface area contributed by atoms with Gasteiger partial charge in [0, 0.05) is 0 Å². The van der Waals surface area contributed by atoms with Crippen molar-refractivity contribution in [2.45, 2.75) is 79.7 Å². The minimum atomic E-state index is -1.70. The number of rotatable bonds is 6. The predicted molar refractivity (Wildman–Crippen MR) is 93.5 cm³/mol. The lowest BCUT2D eigenvalue weighted by molar-refractivity contribution is -0.351. The number of aliphatic hydroxyl groups excluding tert-OH is 9. The zero-order chi connectivity index (χ0) is 22.9. The van der Waals surface area contributed by atoms with Gasteiger partial charge in [-0.3, -0.25) is 0 Å². The summed E-state index contributed by atoms with van der Waals surface area (Å²) in [5, 5.41) is 88.6. The van der Waals surface area contributed by atoms with Gasteiger partial charge in [-0.15, -0.1) is 0 Å². The van der Waals surface area contributed by atoms with Crippen LogP contribution in [0.2, 0.25) is 0 Å². The van der Waals surface area contributed by atoms with Gasteiger partial charge in [-0.1, -0.05) is 0 Å². The van der Waals surface area contributed by atoms with Crippen LogP contribution < -0.4 is 0 Å². The van der Waals surface area contributed by atoms with Crippen LogP contribution in [0.5, 0.6) is 0 Å². The van der Waals surface area contributed by atoms with E-state index in [9.17, 15) is 46.0 Å². The van der Waals surface area contributed by atoms with Crippen molar-refractivity contribution in [1.82, 2.24) is 0 Å². The standard InChI is InChI=1S/C17H29O14/c18-1-7-15(31-17-13(25)10(22)6(20)3-28-17)12(24)14(26)16(30-7)29-4-8-11(23)9(21)5(19)2-27-8/h2,5-26H,1,3-4H2/t5-,6+,7+,8+,9+,10-,11+,12+,13+,14+,15+,16+,17-/m0/s1. The third kappa shape index (κ3) is 5.34. The first-order chi connectivity index (χ1) is 14.6. The summed E-state index contributed by atoms with van der Waals surface area (Å²) < 4.78 is 26.3. The molecule has 3 aliphatic heterocycles.